The lowest BCUT2D eigenvalue weighted by molar-refractivity contribution is 1.08. The van der Waals surface area contributed by atoms with Crippen molar-refractivity contribution in [1.82, 2.24) is 24.1 Å². The van der Waals surface area contributed by atoms with Gasteiger partial charge in [0, 0.05) is 55.0 Å². The van der Waals surface area contributed by atoms with Gasteiger partial charge < -0.3 is 9.13 Å². The summed E-state index contributed by atoms with van der Waals surface area (Å²) in [6.07, 6.45) is 0. The SMILES string of the molecule is c1ccc2c(c1)-c1ccccc1-n1c3ccccc3c3cc4c(c-2c31)c1ccccc1n4-c1ccc(-c2nc(-c3cccc4ccccc34)nc(-c3cccc4ccccc34)n2)cc1. The summed E-state index contributed by atoms with van der Waals surface area (Å²) in [5.74, 6) is 1.92. The van der Waals surface area contributed by atoms with E-state index in [9.17, 15) is 0 Å². The van der Waals surface area contributed by atoms with E-state index in [0.29, 0.717) is 17.5 Å². The van der Waals surface area contributed by atoms with Gasteiger partial charge in [-0.3, -0.25) is 0 Å². The summed E-state index contributed by atoms with van der Waals surface area (Å²) >= 11 is 0. The van der Waals surface area contributed by atoms with E-state index < -0.39 is 0 Å². The van der Waals surface area contributed by atoms with Crippen LogP contribution in [0.5, 0.6) is 0 Å². The van der Waals surface area contributed by atoms with Crippen LogP contribution >= 0.6 is 0 Å². The van der Waals surface area contributed by atoms with Gasteiger partial charge in [0.15, 0.2) is 17.5 Å². The maximum absolute atomic E-state index is 5.23. The molecule has 14 rings (SSSR count). The molecule has 0 N–H and O–H groups in total. The number of rotatable bonds is 4. The first-order valence-electron chi connectivity index (χ1n) is 21.8. The topological polar surface area (TPSA) is 48.5 Å². The van der Waals surface area contributed by atoms with Crippen molar-refractivity contribution in [1.29, 1.82) is 0 Å². The fourth-order valence-electron chi connectivity index (χ4n) is 10.5. The fourth-order valence-corrected chi connectivity index (χ4v) is 10.5. The molecule has 10 aromatic carbocycles. The Bertz CT molecular complexity index is 3970. The van der Waals surface area contributed by atoms with Gasteiger partial charge in [-0.25, -0.2) is 15.0 Å². The first-order chi connectivity index (χ1) is 31.8. The predicted molar refractivity (Wildman–Crippen MR) is 264 cm³/mol. The van der Waals surface area contributed by atoms with Gasteiger partial charge in [-0.15, -0.1) is 0 Å². The smallest absolute Gasteiger partial charge is 0.164 e. The lowest BCUT2D eigenvalue weighted by Crippen LogP contribution is -2.01. The van der Waals surface area contributed by atoms with Crippen LogP contribution in [0.4, 0.5) is 0 Å². The summed E-state index contributed by atoms with van der Waals surface area (Å²) in [4.78, 5) is 15.7. The Morgan fingerprint density at radius 2 is 0.812 bits per heavy atom. The zero-order valence-corrected chi connectivity index (χ0v) is 34.4. The zero-order valence-electron chi connectivity index (χ0n) is 34.4. The highest BCUT2D eigenvalue weighted by atomic mass is 15.0. The van der Waals surface area contributed by atoms with Gasteiger partial charge in [-0.1, -0.05) is 164 Å². The van der Waals surface area contributed by atoms with Crippen LogP contribution in [-0.2, 0) is 0 Å². The predicted octanol–water partition coefficient (Wildman–Crippen LogP) is 15.0. The molecule has 1 aliphatic rings. The fraction of sp³-hybridized carbons (Fsp3) is 0. The third kappa shape index (κ3) is 4.98. The molecule has 0 aliphatic carbocycles. The molecule has 1 aliphatic heterocycles. The molecule has 13 aromatic rings. The minimum absolute atomic E-state index is 0.626. The molecular weight excluding hydrogens is 779 g/mol. The van der Waals surface area contributed by atoms with E-state index in [-0.39, 0.29) is 0 Å². The van der Waals surface area contributed by atoms with Crippen LogP contribution in [0.25, 0.3) is 133 Å². The molecule has 0 radical (unpaired) electrons. The van der Waals surface area contributed by atoms with Crippen LogP contribution < -0.4 is 0 Å². The molecule has 3 aromatic heterocycles. The van der Waals surface area contributed by atoms with E-state index in [4.69, 9.17) is 15.0 Å². The molecule has 4 heterocycles. The van der Waals surface area contributed by atoms with Crippen LogP contribution in [0.2, 0.25) is 0 Å². The van der Waals surface area contributed by atoms with E-state index in [1.807, 2.05) is 0 Å². The normalized spacial score (nSPS) is 12.1. The largest absolute Gasteiger partial charge is 0.309 e. The van der Waals surface area contributed by atoms with Crippen molar-refractivity contribution >= 4 is 65.2 Å². The van der Waals surface area contributed by atoms with Crippen molar-refractivity contribution in [2.24, 2.45) is 0 Å². The van der Waals surface area contributed by atoms with Gasteiger partial charge >= 0.3 is 0 Å². The molecule has 0 atom stereocenters. The third-order valence-electron chi connectivity index (χ3n) is 13.3. The Morgan fingerprint density at radius 1 is 0.312 bits per heavy atom. The molecule has 64 heavy (non-hydrogen) atoms. The van der Waals surface area contributed by atoms with Crippen LogP contribution in [-0.4, -0.2) is 24.1 Å². The van der Waals surface area contributed by atoms with E-state index in [2.05, 4.69) is 221 Å². The molecular formula is C59H35N5. The summed E-state index contributed by atoms with van der Waals surface area (Å²) in [6.45, 7) is 0. The maximum Gasteiger partial charge on any atom is 0.164 e. The number of hydrogen-bond donors (Lipinski definition) is 0. The number of hydrogen-bond acceptors (Lipinski definition) is 3. The third-order valence-corrected chi connectivity index (χ3v) is 13.3. The lowest BCUT2D eigenvalue weighted by Gasteiger charge is -2.13. The Balaban J connectivity index is 1.01. The maximum atomic E-state index is 5.23. The zero-order chi connectivity index (χ0) is 41.9. The van der Waals surface area contributed by atoms with Gasteiger partial charge in [-0.05, 0) is 81.2 Å². The van der Waals surface area contributed by atoms with Crippen molar-refractivity contribution < 1.29 is 0 Å². The molecule has 296 valence electrons. The average Bonchev–Trinajstić information content (AvgIpc) is 3.83. The van der Waals surface area contributed by atoms with Crippen LogP contribution in [0.1, 0.15) is 0 Å². The molecule has 0 saturated carbocycles. The number of benzene rings is 10. The van der Waals surface area contributed by atoms with Crippen molar-refractivity contribution in [3.8, 4) is 67.8 Å². The van der Waals surface area contributed by atoms with Crippen LogP contribution in [0, 0.1) is 0 Å². The average molecular weight is 814 g/mol. The molecule has 0 amide bonds. The molecule has 0 spiro atoms. The second kappa shape index (κ2) is 13.4. The minimum atomic E-state index is 0.626. The molecule has 0 saturated heterocycles. The molecule has 5 heteroatoms. The number of aromatic nitrogens is 5. The summed E-state index contributed by atoms with van der Waals surface area (Å²) in [5, 5.41) is 9.42. The molecule has 0 fully saturated rings. The number of fused-ring (bicyclic) bond motifs is 14. The summed E-state index contributed by atoms with van der Waals surface area (Å²) < 4.78 is 4.94. The monoisotopic (exact) mass is 813 g/mol. The number of para-hydroxylation sites is 3. The molecule has 0 unspecified atom stereocenters. The Kier molecular flexibility index (Phi) is 7.33. The standard InChI is InChI=1S/C59H35N5/c1-3-19-40-36(15-1)17-13-26-46(40)58-60-57(61-59(62-58)47-27-14-18-37-16-2-4-20-41(37)47)38-31-33-39(34-32-38)63-52-30-12-9-25-48(52)54-53(63)35-49-44-23-8-11-29-51(44)64-50-28-10-7-22-43(50)42-21-5-6-24-45(42)55(54)56(49)64/h1-35H. The van der Waals surface area contributed by atoms with Gasteiger partial charge in [0.05, 0.1) is 27.8 Å². The van der Waals surface area contributed by atoms with E-state index >= 15 is 0 Å². The van der Waals surface area contributed by atoms with E-state index in [1.54, 1.807) is 0 Å². The van der Waals surface area contributed by atoms with Crippen LogP contribution in [0.3, 0.4) is 0 Å². The summed E-state index contributed by atoms with van der Waals surface area (Å²) in [5.41, 5.74) is 14.9. The Hall–Kier alpha value is -8.67. The minimum Gasteiger partial charge on any atom is -0.309 e. The summed E-state index contributed by atoms with van der Waals surface area (Å²) in [7, 11) is 0. The lowest BCUT2D eigenvalue weighted by atomic mass is 9.91. The molecule has 0 bridgehead atoms. The van der Waals surface area contributed by atoms with Crippen LogP contribution in [0.15, 0.2) is 212 Å². The molecule has 5 nitrogen and oxygen atoms in total. The highest BCUT2D eigenvalue weighted by Gasteiger charge is 2.29. The van der Waals surface area contributed by atoms with Crippen molar-refractivity contribution in [2.75, 3.05) is 0 Å². The van der Waals surface area contributed by atoms with Gasteiger partial charge in [0.25, 0.3) is 0 Å². The van der Waals surface area contributed by atoms with Crippen molar-refractivity contribution in [3.05, 3.63) is 212 Å². The number of nitrogens with zero attached hydrogens (tertiary/aromatic N) is 5. The van der Waals surface area contributed by atoms with Gasteiger partial charge in [0.2, 0.25) is 0 Å². The van der Waals surface area contributed by atoms with Crippen molar-refractivity contribution in [2.45, 2.75) is 0 Å². The first-order valence-corrected chi connectivity index (χ1v) is 21.8. The Morgan fingerprint density at radius 3 is 1.50 bits per heavy atom. The first kappa shape index (κ1) is 35.0. The van der Waals surface area contributed by atoms with Gasteiger partial charge in [0.1, 0.15) is 0 Å². The second-order valence-electron chi connectivity index (χ2n) is 16.7. The highest BCUT2D eigenvalue weighted by molar-refractivity contribution is 6.28. The second-order valence-corrected chi connectivity index (χ2v) is 16.7. The van der Waals surface area contributed by atoms with Crippen molar-refractivity contribution in [3.63, 3.8) is 0 Å². The van der Waals surface area contributed by atoms with E-state index in [0.717, 1.165) is 55.0 Å². The van der Waals surface area contributed by atoms with Gasteiger partial charge in [-0.2, -0.15) is 0 Å². The highest BCUT2D eigenvalue weighted by Crippen LogP contribution is 2.51. The van der Waals surface area contributed by atoms with E-state index in [1.165, 1.54) is 60.5 Å². The quantitative estimate of drug-likeness (QED) is 0.178. The Labute approximate surface area is 367 Å². The summed E-state index contributed by atoms with van der Waals surface area (Å²) in [6, 6.07) is 76.2.